The van der Waals surface area contributed by atoms with Gasteiger partial charge in [0.15, 0.2) is 0 Å². The summed E-state index contributed by atoms with van der Waals surface area (Å²) in [4.78, 5) is 11.7. The Balaban J connectivity index is 1.73. The summed E-state index contributed by atoms with van der Waals surface area (Å²) in [6, 6.07) is 8.69. The number of nitrogens with one attached hydrogen (secondary N) is 1. The lowest BCUT2D eigenvalue weighted by Gasteiger charge is -2.16. The highest BCUT2D eigenvalue weighted by Gasteiger charge is 2.28. The van der Waals surface area contributed by atoms with Crippen LogP contribution in [0.1, 0.15) is 34.7 Å². The smallest absolute Gasteiger partial charge is 0.336 e. The molecule has 0 aliphatic carbocycles. The molecule has 2 aromatic carbocycles. The molecule has 3 aromatic rings. The summed E-state index contributed by atoms with van der Waals surface area (Å²) in [6.07, 6.45) is 0.568. The number of methoxy groups -OCH3 is 2. The summed E-state index contributed by atoms with van der Waals surface area (Å²) in [5, 5.41) is 16.0. The Bertz CT molecular complexity index is 1200. The number of nitrogens with zero attached hydrogens (tertiary/aromatic N) is 1. The van der Waals surface area contributed by atoms with E-state index >= 15 is 0 Å². The van der Waals surface area contributed by atoms with Gasteiger partial charge in [0.25, 0.3) is 0 Å². The number of phenolic OH excluding ortho intramolecular Hbond substituents is 1. The fourth-order valence-electron chi connectivity index (χ4n) is 3.87. The van der Waals surface area contributed by atoms with Crippen molar-refractivity contribution in [3.63, 3.8) is 0 Å². The maximum Gasteiger partial charge on any atom is 0.336 e. The zero-order valence-corrected chi connectivity index (χ0v) is 16.7. The van der Waals surface area contributed by atoms with Crippen LogP contribution in [0.2, 0.25) is 0 Å². The third-order valence-corrected chi connectivity index (χ3v) is 5.26. The Morgan fingerprint density at radius 3 is 2.66 bits per heavy atom. The standard InChI is InChI=1S/C22H22N2O5/c1-11-7-18-21(12(2)8-19(25)29-18)22(26)20(11)16-10-15(23-24-16)14-6-5-13(27-3)9-17(14)28-4/h5-9,15,23,26H,10H2,1-4H3/t15-/m0/s1. The third-order valence-electron chi connectivity index (χ3n) is 5.26. The van der Waals surface area contributed by atoms with Crippen molar-refractivity contribution >= 4 is 16.7 Å². The highest BCUT2D eigenvalue weighted by Crippen LogP contribution is 2.38. The van der Waals surface area contributed by atoms with E-state index in [4.69, 9.17) is 13.9 Å². The lowest BCUT2D eigenvalue weighted by molar-refractivity contribution is 0.386. The number of ether oxygens (including phenoxy) is 2. The van der Waals surface area contributed by atoms with Gasteiger partial charge < -0.3 is 24.4 Å². The van der Waals surface area contributed by atoms with E-state index in [1.54, 1.807) is 27.2 Å². The Morgan fingerprint density at radius 1 is 1.14 bits per heavy atom. The van der Waals surface area contributed by atoms with E-state index in [-0.39, 0.29) is 11.8 Å². The van der Waals surface area contributed by atoms with Crippen molar-refractivity contribution in [1.29, 1.82) is 0 Å². The highest BCUT2D eigenvalue weighted by molar-refractivity contribution is 6.09. The SMILES string of the molecule is COc1ccc([C@@H]2CC(c3c(C)cc4oc(=O)cc(C)c4c3O)=NN2)c(OC)c1. The molecule has 1 atom stereocenters. The molecule has 1 aliphatic heterocycles. The van der Waals surface area contributed by atoms with Gasteiger partial charge in [0.2, 0.25) is 0 Å². The molecular formula is C22H22N2O5. The van der Waals surface area contributed by atoms with Gasteiger partial charge in [0, 0.05) is 29.7 Å². The molecule has 7 heteroatoms. The molecule has 0 fully saturated rings. The van der Waals surface area contributed by atoms with Crippen molar-refractivity contribution in [2.24, 2.45) is 5.10 Å². The minimum atomic E-state index is -0.437. The Morgan fingerprint density at radius 2 is 1.93 bits per heavy atom. The number of benzene rings is 2. The van der Waals surface area contributed by atoms with Gasteiger partial charge in [-0.1, -0.05) is 0 Å². The quantitative estimate of drug-likeness (QED) is 0.657. The summed E-state index contributed by atoms with van der Waals surface area (Å²) in [7, 11) is 3.23. The second kappa shape index (κ2) is 7.16. The Labute approximate surface area is 167 Å². The number of hydrazone groups is 1. The van der Waals surface area contributed by atoms with Crippen LogP contribution in [0.4, 0.5) is 0 Å². The fraction of sp³-hybridized carbons (Fsp3) is 0.273. The molecule has 0 unspecified atom stereocenters. The van der Waals surface area contributed by atoms with Crippen LogP contribution in [0.25, 0.3) is 11.0 Å². The number of aromatic hydroxyl groups is 1. The summed E-state index contributed by atoms with van der Waals surface area (Å²) in [6.45, 7) is 3.64. The molecule has 2 N–H and O–H groups in total. The average molecular weight is 394 g/mol. The summed E-state index contributed by atoms with van der Waals surface area (Å²) >= 11 is 0. The van der Waals surface area contributed by atoms with Crippen molar-refractivity contribution in [2.75, 3.05) is 14.2 Å². The van der Waals surface area contributed by atoms with Crippen molar-refractivity contribution in [1.82, 2.24) is 5.43 Å². The molecule has 7 nitrogen and oxygen atoms in total. The van der Waals surface area contributed by atoms with Crippen LogP contribution < -0.4 is 20.5 Å². The lowest BCUT2D eigenvalue weighted by Crippen LogP contribution is -2.11. The van der Waals surface area contributed by atoms with Gasteiger partial charge in [-0.05, 0) is 43.2 Å². The number of aryl methyl sites for hydroxylation is 2. The van der Waals surface area contributed by atoms with Crippen LogP contribution in [0, 0.1) is 13.8 Å². The second-order valence-electron chi connectivity index (χ2n) is 7.09. The van der Waals surface area contributed by atoms with Gasteiger partial charge in [-0.3, -0.25) is 0 Å². The molecule has 0 saturated heterocycles. The van der Waals surface area contributed by atoms with E-state index < -0.39 is 5.63 Å². The monoisotopic (exact) mass is 394 g/mol. The molecule has 0 radical (unpaired) electrons. The molecule has 1 aliphatic rings. The second-order valence-corrected chi connectivity index (χ2v) is 7.09. The maximum atomic E-state index is 11.7. The van der Waals surface area contributed by atoms with Crippen LogP contribution in [0.3, 0.4) is 0 Å². The maximum absolute atomic E-state index is 11.7. The molecule has 0 saturated carbocycles. The van der Waals surface area contributed by atoms with E-state index in [1.165, 1.54) is 6.07 Å². The molecule has 2 heterocycles. The van der Waals surface area contributed by atoms with Crippen LogP contribution in [0.5, 0.6) is 17.2 Å². The van der Waals surface area contributed by atoms with Crippen molar-refractivity contribution < 1.29 is 19.0 Å². The van der Waals surface area contributed by atoms with Gasteiger partial charge >= 0.3 is 5.63 Å². The predicted molar refractivity (Wildman–Crippen MR) is 110 cm³/mol. The zero-order chi connectivity index (χ0) is 20.7. The average Bonchev–Trinajstić information content (AvgIpc) is 3.15. The van der Waals surface area contributed by atoms with Crippen LogP contribution >= 0.6 is 0 Å². The van der Waals surface area contributed by atoms with Gasteiger partial charge in [0.1, 0.15) is 22.8 Å². The molecule has 0 spiro atoms. The van der Waals surface area contributed by atoms with Crippen LogP contribution in [-0.2, 0) is 0 Å². The number of fused-ring (bicyclic) bond motifs is 1. The molecular weight excluding hydrogens is 372 g/mol. The Hall–Kier alpha value is -3.48. The normalized spacial score (nSPS) is 15.9. The number of hydrogen-bond donors (Lipinski definition) is 2. The van der Waals surface area contributed by atoms with Gasteiger partial charge in [-0.25, -0.2) is 4.79 Å². The first-order chi connectivity index (χ1) is 13.9. The molecule has 0 amide bonds. The van der Waals surface area contributed by atoms with Crippen molar-refractivity contribution in [3.8, 4) is 17.2 Å². The summed E-state index contributed by atoms with van der Waals surface area (Å²) < 4.78 is 16.0. The topological polar surface area (TPSA) is 93.3 Å². The van der Waals surface area contributed by atoms with Gasteiger partial charge in [-0.15, -0.1) is 0 Å². The molecule has 0 bridgehead atoms. The van der Waals surface area contributed by atoms with E-state index in [0.717, 1.165) is 16.8 Å². The summed E-state index contributed by atoms with van der Waals surface area (Å²) in [5.74, 6) is 1.49. The number of rotatable bonds is 4. The first kappa shape index (κ1) is 18.9. The van der Waals surface area contributed by atoms with E-state index in [1.807, 2.05) is 25.1 Å². The molecule has 4 rings (SSSR count). The first-order valence-corrected chi connectivity index (χ1v) is 9.24. The Kier molecular flexibility index (Phi) is 4.66. The fourth-order valence-corrected chi connectivity index (χ4v) is 3.87. The largest absolute Gasteiger partial charge is 0.506 e. The highest BCUT2D eigenvalue weighted by atomic mass is 16.5. The van der Waals surface area contributed by atoms with E-state index in [2.05, 4.69) is 10.5 Å². The first-order valence-electron chi connectivity index (χ1n) is 9.24. The van der Waals surface area contributed by atoms with Crippen LogP contribution in [-0.4, -0.2) is 25.0 Å². The minimum Gasteiger partial charge on any atom is -0.506 e. The number of hydrogen-bond acceptors (Lipinski definition) is 7. The van der Waals surface area contributed by atoms with E-state index in [9.17, 15) is 9.90 Å². The third kappa shape index (κ3) is 3.18. The van der Waals surface area contributed by atoms with Crippen LogP contribution in [0.15, 0.2) is 44.6 Å². The van der Waals surface area contributed by atoms with Gasteiger partial charge in [-0.2, -0.15) is 5.10 Å². The lowest BCUT2D eigenvalue weighted by atomic mass is 9.93. The van der Waals surface area contributed by atoms with Gasteiger partial charge in [0.05, 0.1) is 31.4 Å². The zero-order valence-electron chi connectivity index (χ0n) is 16.7. The predicted octanol–water partition coefficient (Wildman–Crippen LogP) is 3.57. The number of phenols is 1. The van der Waals surface area contributed by atoms with Crippen molar-refractivity contribution in [2.45, 2.75) is 26.3 Å². The van der Waals surface area contributed by atoms with Crippen molar-refractivity contribution in [3.05, 3.63) is 63.0 Å². The minimum absolute atomic E-state index is 0.0733. The summed E-state index contributed by atoms with van der Waals surface area (Å²) in [5.41, 5.74) is 6.85. The molecule has 1 aromatic heterocycles. The molecule has 150 valence electrons. The van der Waals surface area contributed by atoms with E-state index in [0.29, 0.717) is 40.0 Å². The molecule has 29 heavy (non-hydrogen) atoms.